The zero-order chi connectivity index (χ0) is 10.2. The van der Waals surface area contributed by atoms with Crippen molar-refractivity contribution in [3.05, 3.63) is 11.4 Å². The Kier molecular flexibility index (Phi) is 2.18. The highest BCUT2D eigenvalue weighted by Gasteiger charge is 2.31. The topological polar surface area (TPSA) is 44.8 Å². The van der Waals surface area contributed by atoms with Gasteiger partial charge >= 0.3 is 6.18 Å². The summed E-state index contributed by atoms with van der Waals surface area (Å²) in [4.78, 5) is 0. The molecule has 14 heavy (non-hydrogen) atoms. The molecule has 1 aliphatic rings. The summed E-state index contributed by atoms with van der Waals surface area (Å²) in [6.07, 6.45) is -3.74. The van der Waals surface area contributed by atoms with Crippen molar-refractivity contribution >= 4 is 0 Å². The average molecular weight is 205 g/mol. The number of aromatic nitrogens is 3. The Morgan fingerprint density at radius 2 is 2.14 bits per heavy atom. The second-order valence-electron chi connectivity index (χ2n) is 3.11. The van der Waals surface area contributed by atoms with Gasteiger partial charge in [-0.2, -0.15) is 13.2 Å². The Bertz CT molecular complexity index is 330. The number of halogens is 3. The second-order valence-corrected chi connectivity index (χ2v) is 3.11. The van der Waals surface area contributed by atoms with Crippen LogP contribution in [0.25, 0.3) is 0 Å². The van der Waals surface area contributed by atoms with Gasteiger partial charge in [0.05, 0.1) is 12.2 Å². The monoisotopic (exact) mass is 205 g/mol. The van der Waals surface area contributed by atoms with Crippen LogP contribution in [0.1, 0.15) is 11.4 Å². The molecule has 0 aromatic carbocycles. The van der Waals surface area contributed by atoms with Gasteiger partial charge in [0.25, 0.3) is 0 Å². The fourth-order valence-corrected chi connectivity index (χ4v) is 1.43. The predicted octanol–water partition coefficient (Wildman–Crippen LogP) is 0.501. The lowest BCUT2D eigenvalue weighted by molar-refractivity contribution is -0.143. The normalized spacial score (nSPS) is 16.8. The van der Waals surface area contributed by atoms with Gasteiger partial charge in [-0.3, -0.25) is 0 Å². The molecule has 0 amide bonds. The van der Waals surface area contributed by atoms with Gasteiger partial charge in [0.1, 0.15) is 12.2 Å². The third kappa shape index (κ3) is 1.87. The molecule has 0 N–H and O–H groups in total. The molecule has 0 atom stereocenters. The van der Waals surface area contributed by atoms with Gasteiger partial charge in [0.15, 0.2) is 0 Å². The molecule has 0 fully saturated rings. The summed E-state index contributed by atoms with van der Waals surface area (Å²) in [5.41, 5.74) is 1.14. The van der Waals surface area contributed by atoms with Crippen LogP contribution in [0.5, 0.6) is 0 Å². The van der Waals surface area contributed by atoms with E-state index in [0.717, 1.165) is 4.68 Å². The van der Waals surface area contributed by atoms with Gasteiger partial charge in [0.2, 0.25) is 0 Å². The van der Waals surface area contributed by atoms with Crippen LogP contribution in [-0.2, 0) is 19.5 Å². The summed E-state index contributed by atoms with van der Waals surface area (Å²) in [5, 5.41) is 11.2. The molecule has 0 aliphatic carbocycles. The Labute approximate surface area is 78.1 Å². The van der Waals surface area contributed by atoms with Crippen LogP contribution in [-0.4, -0.2) is 27.7 Å². The van der Waals surface area contributed by atoms with E-state index in [9.17, 15) is 13.2 Å². The summed E-state index contributed by atoms with van der Waals surface area (Å²) in [5.74, 6) is 0. The van der Waals surface area contributed by atoms with Crippen LogP contribution in [0.4, 0.5) is 13.2 Å². The van der Waals surface area contributed by atoms with E-state index in [1.54, 1.807) is 0 Å². The van der Waals surface area contributed by atoms with Gasteiger partial charge in [-0.05, 0) is 0 Å². The van der Waals surface area contributed by atoms with E-state index in [2.05, 4.69) is 15.6 Å². The number of rotatable bonds is 1. The lowest BCUT2D eigenvalue weighted by Crippen LogP contribution is -2.24. The minimum absolute atomic E-state index is 0.382. The molecule has 2 heterocycles. The Balaban J connectivity index is 2.22. The minimum atomic E-state index is -4.24. The number of fused-ring (bicyclic) bond motifs is 1. The predicted molar refractivity (Wildman–Crippen MR) is 40.5 cm³/mol. The molecule has 0 saturated carbocycles. The first-order valence-corrected chi connectivity index (χ1v) is 4.17. The van der Waals surface area contributed by atoms with Crippen LogP contribution in [0.2, 0.25) is 0 Å². The van der Waals surface area contributed by atoms with E-state index in [0.29, 0.717) is 30.9 Å². The van der Waals surface area contributed by atoms with Gasteiger partial charge in [-0.15, -0.1) is 5.10 Å². The first-order chi connectivity index (χ1) is 6.56. The van der Waals surface area contributed by atoms with Crippen molar-refractivity contribution in [2.24, 2.45) is 0 Å². The molecule has 7 heteroatoms. The van der Waals surface area contributed by atoms with Crippen LogP contribution < -0.4 is 5.32 Å². The minimum Gasteiger partial charge on any atom is -0.240 e. The zero-order valence-electron chi connectivity index (χ0n) is 7.25. The quantitative estimate of drug-likeness (QED) is 0.670. The van der Waals surface area contributed by atoms with E-state index < -0.39 is 12.7 Å². The third-order valence-corrected chi connectivity index (χ3v) is 2.02. The van der Waals surface area contributed by atoms with Crippen molar-refractivity contribution in [3.63, 3.8) is 0 Å². The van der Waals surface area contributed by atoms with Crippen LogP contribution >= 0.6 is 0 Å². The van der Waals surface area contributed by atoms with E-state index in [4.69, 9.17) is 0 Å². The van der Waals surface area contributed by atoms with Gasteiger partial charge in [0, 0.05) is 13.0 Å². The van der Waals surface area contributed by atoms with Crippen molar-refractivity contribution in [2.45, 2.75) is 25.7 Å². The summed E-state index contributed by atoms with van der Waals surface area (Å²) in [6.45, 7) is -0.124. The van der Waals surface area contributed by atoms with Crippen LogP contribution in [0.3, 0.4) is 0 Å². The molecule has 1 aliphatic heterocycles. The van der Waals surface area contributed by atoms with Crippen molar-refractivity contribution in [1.82, 2.24) is 20.3 Å². The number of alkyl halides is 3. The summed E-state index contributed by atoms with van der Waals surface area (Å²) in [6, 6.07) is 0. The summed E-state index contributed by atoms with van der Waals surface area (Å²) >= 11 is 0. The van der Waals surface area contributed by atoms with Gasteiger partial charge in [-0.1, -0.05) is 5.21 Å². The second kappa shape index (κ2) is 3.23. The van der Waals surface area contributed by atoms with E-state index in [-0.39, 0.29) is 0 Å². The molecule has 4 nitrogen and oxygen atoms in total. The van der Waals surface area contributed by atoms with Gasteiger partial charge in [-0.25, -0.2) is 10.00 Å². The molecule has 0 bridgehead atoms. The van der Waals surface area contributed by atoms with Crippen LogP contribution in [0, 0.1) is 0 Å². The van der Waals surface area contributed by atoms with E-state index in [1.165, 1.54) is 0 Å². The van der Waals surface area contributed by atoms with Crippen molar-refractivity contribution in [2.75, 3.05) is 6.54 Å². The lowest BCUT2D eigenvalue weighted by atomic mass is 10.2. The highest BCUT2D eigenvalue weighted by molar-refractivity contribution is 5.13. The van der Waals surface area contributed by atoms with E-state index in [1.807, 2.05) is 0 Å². The molecular weight excluding hydrogens is 197 g/mol. The summed E-state index contributed by atoms with van der Waals surface area (Å²) in [7, 11) is 0. The SMILES string of the molecule is FC(F)(F)Cn1nnc2c1CC[N]C2. The fourth-order valence-electron chi connectivity index (χ4n) is 1.43. The third-order valence-electron chi connectivity index (χ3n) is 2.02. The number of nitrogens with zero attached hydrogens (tertiary/aromatic N) is 4. The maximum Gasteiger partial charge on any atom is 0.408 e. The highest BCUT2D eigenvalue weighted by atomic mass is 19.4. The molecule has 1 aromatic rings. The first kappa shape index (κ1) is 9.45. The van der Waals surface area contributed by atoms with Crippen LogP contribution in [0.15, 0.2) is 0 Å². The Morgan fingerprint density at radius 1 is 1.36 bits per heavy atom. The van der Waals surface area contributed by atoms with E-state index >= 15 is 0 Å². The van der Waals surface area contributed by atoms with Crippen molar-refractivity contribution < 1.29 is 13.2 Å². The maximum absolute atomic E-state index is 12.1. The first-order valence-electron chi connectivity index (χ1n) is 4.17. The Hall–Kier alpha value is -1.11. The molecule has 0 unspecified atom stereocenters. The maximum atomic E-state index is 12.1. The summed E-state index contributed by atoms with van der Waals surface area (Å²) < 4.78 is 37.2. The Morgan fingerprint density at radius 3 is 2.86 bits per heavy atom. The smallest absolute Gasteiger partial charge is 0.240 e. The lowest BCUT2D eigenvalue weighted by Gasteiger charge is -2.13. The number of hydrogen-bond donors (Lipinski definition) is 0. The zero-order valence-corrected chi connectivity index (χ0v) is 7.25. The average Bonchev–Trinajstić information content (AvgIpc) is 2.47. The molecule has 1 radical (unpaired) electrons. The molecule has 2 rings (SSSR count). The molecule has 1 aromatic heterocycles. The fraction of sp³-hybridized carbons (Fsp3) is 0.714. The highest BCUT2D eigenvalue weighted by Crippen LogP contribution is 2.20. The molecule has 0 spiro atoms. The molecule has 0 saturated heterocycles. The van der Waals surface area contributed by atoms with Gasteiger partial charge < -0.3 is 0 Å². The van der Waals surface area contributed by atoms with Crippen molar-refractivity contribution in [1.29, 1.82) is 0 Å². The molecule has 77 valence electrons. The largest absolute Gasteiger partial charge is 0.408 e. The molecular formula is C7H8F3N4. The van der Waals surface area contributed by atoms with Crippen molar-refractivity contribution in [3.8, 4) is 0 Å². The number of hydrogen-bond acceptors (Lipinski definition) is 2. The standard InChI is InChI=1S/C7H8F3N4/c8-7(9,10)4-14-6-1-2-11-3-5(6)12-13-14/h1-4H2.